The molecule has 7 nitrogen and oxygen atoms in total. The number of hydrogen-bond donors (Lipinski definition) is 2. The van der Waals surface area contributed by atoms with E-state index < -0.39 is 14.9 Å². The molecule has 9 heteroatoms. The van der Waals surface area contributed by atoms with Crippen molar-refractivity contribution in [1.82, 2.24) is 10.0 Å². The van der Waals surface area contributed by atoms with E-state index in [0.717, 1.165) is 30.3 Å². The van der Waals surface area contributed by atoms with Crippen LogP contribution in [0.25, 0.3) is 0 Å². The molecule has 0 bridgehead atoms. The van der Waals surface area contributed by atoms with Crippen molar-refractivity contribution >= 4 is 27.3 Å². The molecule has 0 radical (unpaired) electrons. The molecule has 0 saturated carbocycles. The summed E-state index contributed by atoms with van der Waals surface area (Å²) in [5.74, 6) is 0. The van der Waals surface area contributed by atoms with Gasteiger partial charge in [0.15, 0.2) is 0 Å². The third kappa shape index (κ3) is 3.67. The highest BCUT2D eigenvalue weighted by atomic mass is 35.5. The molecular weight excluding hydrogens is 366 g/mol. The van der Waals surface area contributed by atoms with Gasteiger partial charge in [-0.25, -0.2) is 13.1 Å². The van der Waals surface area contributed by atoms with Crippen LogP contribution in [0, 0.1) is 17.0 Å². The van der Waals surface area contributed by atoms with Gasteiger partial charge in [0.1, 0.15) is 0 Å². The van der Waals surface area contributed by atoms with Crippen molar-refractivity contribution in [2.75, 3.05) is 0 Å². The molecule has 0 spiro atoms. The molecule has 1 aliphatic heterocycles. The third-order valence-electron chi connectivity index (χ3n) is 4.17. The number of nitrogens with one attached hydrogen (secondary N) is 2. The van der Waals surface area contributed by atoms with E-state index >= 15 is 0 Å². The number of sulfonamides is 1. The van der Waals surface area contributed by atoms with Gasteiger partial charge in [-0.05, 0) is 29.7 Å². The number of nitrogens with zero attached hydrogens (tertiary/aromatic N) is 1. The standard InChI is InChI=1S/C16H16ClN3O4S/c1-10-15(17)5-14(6-16(10)20(21)22)25(23,24)19-7-11-2-3-12-8-18-9-13(12)4-11/h2-6,18-19H,7-9H2,1H3. The van der Waals surface area contributed by atoms with Gasteiger partial charge in [-0.3, -0.25) is 10.1 Å². The van der Waals surface area contributed by atoms with Gasteiger partial charge in [0.2, 0.25) is 10.0 Å². The second-order valence-corrected chi connectivity index (χ2v) is 8.01. The summed E-state index contributed by atoms with van der Waals surface area (Å²) in [5, 5.41) is 14.3. The fraction of sp³-hybridized carbons (Fsp3) is 0.250. The minimum atomic E-state index is -3.92. The van der Waals surface area contributed by atoms with E-state index in [2.05, 4.69) is 10.0 Å². The Morgan fingerprint density at radius 2 is 1.96 bits per heavy atom. The van der Waals surface area contributed by atoms with E-state index in [-0.39, 0.29) is 27.7 Å². The minimum Gasteiger partial charge on any atom is -0.309 e. The molecule has 0 unspecified atom stereocenters. The third-order valence-corrected chi connectivity index (χ3v) is 5.94. The van der Waals surface area contributed by atoms with Crippen molar-refractivity contribution in [1.29, 1.82) is 0 Å². The molecule has 25 heavy (non-hydrogen) atoms. The number of fused-ring (bicyclic) bond motifs is 1. The van der Waals surface area contributed by atoms with Crippen LogP contribution in [0.1, 0.15) is 22.3 Å². The molecule has 1 aliphatic rings. The van der Waals surface area contributed by atoms with Crippen molar-refractivity contribution < 1.29 is 13.3 Å². The van der Waals surface area contributed by atoms with E-state index in [1.54, 1.807) is 0 Å². The smallest absolute Gasteiger partial charge is 0.275 e. The predicted molar refractivity (Wildman–Crippen MR) is 93.9 cm³/mol. The van der Waals surface area contributed by atoms with Crippen LogP contribution in [0.15, 0.2) is 35.2 Å². The normalized spacial score (nSPS) is 13.7. The molecule has 2 aromatic rings. The van der Waals surface area contributed by atoms with Crippen LogP contribution < -0.4 is 10.0 Å². The highest BCUT2D eigenvalue weighted by molar-refractivity contribution is 7.89. The van der Waals surface area contributed by atoms with Gasteiger partial charge in [0.05, 0.1) is 14.8 Å². The maximum atomic E-state index is 12.5. The lowest BCUT2D eigenvalue weighted by Gasteiger charge is -2.10. The van der Waals surface area contributed by atoms with Crippen LogP contribution in [0.5, 0.6) is 0 Å². The molecule has 0 fully saturated rings. The van der Waals surface area contributed by atoms with Crippen molar-refractivity contribution in [3.63, 3.8) is 0 Å². The van der Waals surface area contributed by atoms with E-state index in [1.807, 2.05) is 18.2 Å². The van der Waals surface area contributed by atoms with Gasteiger partial charge >= 0.3 is 0 Å². The maximum Gasteiger partial charge on any atom is 0.275 e. The van der Waals surface area contributed by atoms with Crippen LogP contribution in [0.3, 0.4) is 0 Å². The highest BCUT2D eigenvalue weighted by Crippen LogP contribution is 2.29. The molecule has 2 N–H and O–H groups in total. The molecular formula is C16H16ClN3O4S. The Balaban J connectivity index is 1.84. The Morgan fingerprint density at radius 3 is 2.68 bits per heavy atom. The molecule has 0 atom stereocenters. The molecule has 0 aromatic heterocycles. The summed E-state index contributed by atoms with van der Waals surface area (Å²) in [4.78, 5) is 10.2. The SMILES string of the molecule is Cc1c(Cl)cc(S(=O)(=O)NCc2ccc3c(c2)CNC3)cc1[N+](=O)[O-]. The van der Waals surface area contributed by atoms with Gasteiger partial charge in [-0.1, -0.05) is 29.8 Å². The van der Waals surface area contributed by atoms with Gasteiger partial charge in [-0.15, -0.1) is 0 Å². The van der Waals surface area contributed by atoms with E-state index in [1.165, 1.54) is 18.6 Å². The Kier molecular flexibility index (Phi) is 4.79. The monoisotopic (exact) mass is 381 g/mol. The molecule has 0 saturated heterocycles. The number of nitro benzene ring substituents is 1. The zero-order chi connectivity index (χ0) is 18.2. The first-order valence-electron chi connectivity index (χ1n) is 7.53. The quantitative estimate of drug-likeness (QED) is 0.612. The van der Waals surface area contributed by atoms with Crippen molar-refractivity contribution in [2.24, 2.45) is 0 Å². The molecule has 2 aromatic carbocycles. The first kappa shape index (κ1) is 17.8. The van der Waals surface area contributed by atoms with E-state index in [9.17, 15) is 18.5 Å². The summed E-state index contributed by atoms with van der Waals surface area (Å²) >= 11 is 5.95. The van der Waals surface area contributed by atoms with Gasteiger partial charge in [0.25, 0.3) is 5.69 Å². The summed E-state index contributed by atoms with van der Waals surface area (Å²) in [6.07, 6.45) is 0. The van der Waals surface area contributed by atoms with Gasteiger partial charge in [-0.2, -0.15) is 0 Å². The zero-order valence-corrected chi connectivity index (χ0v) is 14.9. The Labute approximate surface area is 150 Å². The molecule has 132 valence electrons. The lowest BCUT2D eigenvalue weighted by molar-refractivity contribution is -0.385. The van der Waals surface area contributed by atoms with Crippen LogP contribution in [-0.4, -0.2) is 13.3 Å². The first-order chi connectivity index (χ1) is 11.8. The van der Waals surface area contributed by atoms with Crippen LogP contribution in [-0.2, 0) is 29.7 Å². The Morgan fingerprint density at radius 1 is 1.24 bits per heavy atom. The molecule has 0 aliphatic carbocycles. The lowest BCUT2D eigenvalue weighted by Crippen LogP contribution is -2.23. The summed E-state index contributed by atoms with van der Waals surface area (Å²) in [6.45, 7) is 3.14. The molecule has 0 amide bonds. The lowest BCUT2D eigenvalue weighted by atomic mass is 10.1. The number of benzene rings is 2. The van der Waals surface area contributed by atoms with Crippen molar-refractivity contribution in [3.8, 4) is 0 Å². The second kappa shape index (κ2) is 6.72. The van der Waals surface area contributed by atoms with Crippen molar-refractivity contribution in [2.45, 2.75) is 31.5 Å². The minimum absolute atomic E-state index is 0.0400. The molecule has 1 heterocycles. The van der Waals surface area contributed by atoms with Crippen LogP contribution in [0.2, 0.25) is 5.02 Å². The zero-order valence-electron chi connectivity index (χ0n) is 13.4. The second-order valence-electron chi connectivity index (χ2n) is 5.84. The number of rotatable bonds is 5. The van der Waals surface area contributed by atoms with E-state index in [4.69, 9.17) is 11.6 Å². The van der Waals surface area contributed by atoms with Crippen molar-refractivity contribution in [3.05, 3.63) is 67.7 Å². The largest absolute Gasteiger partial charge is 0.309 e. The Hall–Kier alpha value is -2.00. The van der Waals surface area contributed by atoms with Crippen LogP contribution >= 0.6 is 11.6 Å². The van der Waals surface area contributed by atoms with Gasteiger partial charge in [0, 0.05) is 31.3 Å². The highest BCUT2D eigenvalue weighted by Gasteiger charge is 2.22. The number of halogens is 1. The summed E-state index contributed by atoms with van der Waals surface area (Å²) in [7, 11) is -3.92. The van der Waals surface area contributed by atoms with Crippen LogP contribution in [0.4, 0.5) is 5.69 Å². The number of hydrogen-bond acceptors (Lipinski definition) is 5. The van der Waals surface area contributed by atoms with Gasteiger partial charge < -0.3 is 5.32 Å². The summed E-state index contributed by atoms with van der Waals surface area (Å²) < 4.78 is 27.4. The Bertz CT molecular complexity index is 960. The maximum absolute atomic E-state index is 12.5. The molecule has 3 rings (SSSR count). The fourth-order valence-electron chi connectivity index (χ4n) is 2.70. The topological polar surface area (TPSA) is 101 Å². The average molecular weight is 382 g/mol. The predicted octanol–water partition coefficient (Wildman–Crippen LogP) is 2.64. The summed E-state index contributed by atoms with van der Waals surface area (Å²) in [5.41, 5.74) is 3.07. The fourth-order valence-corrected chi connectivity index (χ4v) is 4.05. The first-order valence-corrected chi connectivity index (χ1v) is 9.39. The van der Waals surface area contributed by atoms with E-state index in [0.29, 0.717) is 0 Å². The summed E-state index contributed by atoms with van der Waals surface area (Å²) in [6, 6.07) is 8.02. The number of nitro groups is 1. The average Bonchev–Trinajstić information content (AvgIpc) is 3.02.